The normalized spacial score (nSPS) is 22.8. The molecule has 0 radical (unpaired) electrons. The van der Waals surface area contributed by atoms with Crippen molar-refractivity contribution in [2.75, 3.05) is 19.6 Å². The minimum absolute atomic E-state index is 0.114. The van der Waals surface area contributed by atoms with Crippen LogP contribution in [0.15, 0.2) is 30.3 Å². The first-order valence-corrected chi connectivity index (χ1v) is 10.3. The van der Waals surface area contributed by atoms with Crippen molar-refractivity contribution >= 4 is 11.8 Å². The molecule has 2 unspecified atom stereocenters. The largest absolute Gasteiger partial charge is 0.341 e. The van der Waals surface area contributed by atoms with Crippen molar-refractivity contribution in [3.05, 3.63) is 35.9 Å². The Kier molecular flexibility index (Phi) is 6.70. The molecule has 3 rings (SSSR count). The van der Waals surface area contributed by atoms with E-state index >= 15 is 0 Å². The zero-order chi connectivity index (χ0) is 18.4. The van der Waals surface area contributed by atoms with Crippen molar-refractivity contribution in [3.8, 4) is 0 Å². The standard InChI is InChI=1S/C22H32N2O2/c1-2-9-18-10-8-15-23(17-14-18)22(26)21(19-11-4-3-5-12-19)24-16-7-6-13-20(24)25/h3-5,11-12,18,21H,2,6-10,13-17H2,1H3. The van der Waals surface area contributed by atoms with Crippen molar-refractivity contribution in [2.24, 2.45) is 5.92 Å². The van der Waals surface area contributed by atoms with Gasteiger partial charge in [-0.25, -0.2) is 0 Å². The van der Waals surface area contributed by atoms with Gasteiger partial charge in [0.15, 0.2) is 0 Å². The number of rotatable bonds is 5. The molecule has 2 heterocycles. The van der Waals surface area contributed by atoms with Gasteiger partial charge in [0.05, 0.1) is 0 Å². The molecule has 2 atom stereocenters. The number of hydrogen-bond donors (Lipinski definition) is 0. The molecule has 1 aromatic carbocycles. The lowest BCUT2D eigenvalue weighted by Gasteiger charge is -2.37. The van der Waals surface area contributed by atoms with Gasteiger partial charge >= 0.3 is 0 Å². The van der Waals surface area contributed by atoms with Gasteiger partial charge in [-0.3, -0.25) is 9.59 Å². The SMILES string of the molecule is CCCC1CCCN(C(=O)C(c2ccccc2)N2CCCCC2=O)CC1. The lowest BCUT2D eigenvalue weighted by atomic mass is 9.96. The monoisotopic (exact) mass is 356 g/mol. The predicted molar refractivity (Wildman–Crippen MR) is 104 cm³/mol. The lowest BCUT2D eigenvalue weighted by Crippen LogP contribution is -2.47. The third-order valence-electron chi connectivity index (χ3n) is 5.88. The average molecular weight is 357 g/mol. The van der Waals surface area contributed by atoms with Gasteiger partial charge < -0.3 is 9.80 Å². The van der Waals surface area contributed by atoms with E-state index in [1.807, 2.05) is 40.1 Å². The zero-order valence-electron chi connectivity index (χ0n) is 16.0. The lowest BCUT2D eigenvalue weighted by molar-refractivity contribution is -0.147. The number of hydrogen-bond acceptors (Lipinski definition) is 2. The molecule has 0 aliphatic carbocycles. The molecule has 26 heavy (non-hydrogen) atoms. The van der Waals surface area contributed by atoms with Crippen LogP contribution in [-0.2, 0) is 9.59 Å². The topological polar surface area (TPSA) is 40.6 Å². The summed E-state index contributed by atoms with van der Waals surface area (Å²) in [6.07, 6.45) is 8.35. The number of carbonyl (C=O) groups is 2. The number of piperidine rings is 1. The number of likely N-dealkylation sites (tertiary alicyclic amines) is 2. The molecule has 2 fully saturated rings. The van der Waals surface area contributed by atoms with E-state index in [0.717, 1.165) is 50.3 Å². The van der Waals surface area contributed by atoms with E-state index in [1.54, 1.807) is 0 Å². The molecule has 2 aliphatic rings. The number of carbonyl (C=O) groups excluding carboxylic acids is 2. The molecule has 0 N–H and O–H groups in total. The Bertz CT molecular complexity index is 601. The molecule has 4 heteroatoms. The van der Waals surface area contributed by atoms with Gasteiger partial charge in [0.2, 0.25) is 11.8 Å². The summed E-state index contributed by atoms with van der Waals surface area (Å²) in [6, 6.07) is 9.41. The summed E-state index contributed by atoms with van der Waals surface area (Å²) < 4.78 is 0. The maximum absolute atomic E-state index is 13.5. The van der Waals surface area contributed by atoms with Crippen molar-refractivity contribution in [3.63, 3.8) is 0 Å². The zero-order valence-corrected chi connectivity index (χ0v) is 16.0. The van der Waals surface area contributed by atoms with Gasteiger partial charge in [-0.15, -0.1) is 0 Å². The van der Waals surface area contributed by atoms with Crippen LogP contribution >= 0.6 is 0 Å². The van der Waals surface area contributed by atoms with Crippen LogP contribution in [0.1, 0.15) is 69.9 Å². The summed E-state index contributed by atoms with van der Waals surface area (Å²) in [5.74, 6) is 0.977. The second-order valence-corrected chi connectivity index (χ2v) is 7.77. The summed E-state index contributed by atoms with van der Waals surface area (Å²) in [4.78, 5) is 29.9. The number of nitrogens with zero attached hydrogens (tertiary/aromatic N) is 2. The van der Waals surface area contributed by atoms with E-state index in [-0.39, 0.29) is 11.8 Å². The van der Waals surface area contributed by atoms with Crippen LogP contribution < -0.4 is 0 Å². The highest BCUT2D eigenvalue weighted by Crippen LogP contribution is 2.29. The Morgan fingerprint density at radius 2 is 1.88 bits per heavy atom. The van der Waals surface area contributed by atoms with Gasteiger partial charge in [-0.2, -0.15) is 0 Å². The van der Waals surface area contributed by atoms with Crippen molar-refractivity contribution < 1.29 is 9.59 Å². The molecule has 2 saturated heterocycles. The van der Waals surface area contributed by atoms with E-state index in [9.17, 15) is 9.59 Å². The van der Waals surface area contributed by atoms with E-state index < -0.39 is 6.04 Å². The fourth-order valence-corrected chi connectivity index (χ4v) is 4.45. The Hall–Kier alpha value is -1.84. The summed E-state index contributed by atoms with van der Waals surface area (Å²) in [7, 11) is 0. The Balaban J connectivity index is 1.80. The third kappa shape index (κ3) is 4.46. The van der Waals surface area contributed by atoms with Crippen LogP contribution in [-0.4, -0.2) is 41.2 Å². The first-order chi connectivity index (χ1) is 12.7. The minimum Gasteiger partial charge on any atom is -0.341 e. The van der Waals surface area contributed by atoms with E-state index in [1.165, 1.54) is 19.3 Å². The first-order valence-electron chi connectivity index (χ1n) is 10.3. The van der Waals surface area contributed by atoms with Crippen LogP contribution in [0, 0.1) is 5.92 Å². The molecule has 4 nitrogen and oxygen atoms in total. The molecule has 0 saturated carbocycles. The Morgan fingerprint density at radius 3 is 2.62 bits per heavy atom. The number of amides is 2. The van der Waals surface area contributed by atoms with Gasteiger partial charge in [-0.05, 0) is 43.6 Å². The second kappa shape index (κ2) is 9.20. The summed E-state index contributed by atoms with van der Waals surface area (Å²) >= 11 is 0. The van der Waals surface area contributed by atoms with Gasteiger partial charge in [0.1, 0.15) is 6.04 Å². The molecule has 0 bridgehead atoms. The quantitative estimate of drug-likeness (QED) is 0.794. The van der Waals surface area contributed by atoms with Crippen LogP contribution in [0.25, 0.3) is 0 Å². The third-order valence-corrected chi connectivity index (χ3v) is 5.88. The van der Waals surface area contributed by atoms with Crippen LogP contribution in [0.2, 0.25) is 0 Å². The predicted octanol–water partition coefficient (Wildman–Crippen LogP) is 4.17. The molecule has 0 spiro atoms. The maximum atomic E-state index is 13.5. The van der Waals surface area contributed by atoms with Crippen molar-refractivity contribution in [1.29, 1.82) is 0 Å². The van der Waals surface area contributed by atoms with Crippen LogP contribution in [0.4, 0.5) is 0 Å². The summed E-state index contributed by atoms with van der Waals surface area (Å²) in [5, 5.41) is 0. The van der Waals surface area contributed by atoms with E-state index in [2.05, 4.69) is 6.92 Å². The summed E-state index contributed by atoms with van der Waals surface area (Å²) in [5.41, 5.74) is 0.946. The highest BCUT2D eigenvalue weighted by Gasteiger charge is 2.35. The fourth-order valence-electron chi connectivity index (χ4n) is 4.45. The molecule has 1 aromatic rings. The highest BCUT2D eigenvalue weighted by molar-refractivity contribution is 5.89. The fraction of sp³-hybridized carbons (Fsp3) is 0.636. The molecule has 142 valence electrons. The molecule has 0 aromatic heterocycles. The molecular formula is C22H32N2O2. The maximum Gasteiger partial charge on any atom is 0.250 e. The average Bonchev–Trinajstić information content (AvgIpc) is 2.90. The number of benzene rings is 1. The van der Waals surface area contributed by atoms with Gasteiger partial charge in [0.25, 0.3) is 0 Å². The smallest absolute Gasteiger partial charge is 0.250 e. The van der Waals surface area contributed by atoms with Crippen molar-refractivity contribution in [1.82, 2.24) is 9.80 Å². The molecule has 2 amide bonds. The first kappa shape index (κ1) is 18.9. The Morgan fingerprint density at radius 1 is 1.08 bits per heavy atom. The summed E-state index contributed by atoms with van der Waals surface area (Å²) in [6.45, 7) is 4.58. The van der Waals surface area contributed by atoms with Gasteiger partial charge in [0, 0.05) is 26.1 Å². The minimum atomic E-state index is -0.452. The second-order valence-electron chi connectivity index (χ2n) is 7.77. The molecular weight excluding hydrogens is 324 g/mol. The van der Waals surface area contributed by atoms with Crippen LogP contribution in [0.3, 0.4) is 0 Å². The van der Waals surface area contributed by atoms with E-state index in [4.69, 9.17) is 0 Å². The van der Waals surface area contributed by atoms with Crippen molar-refractivity contribution in [2.45, 2.75) is 64.3 Å². The van der Waals surface area contributed by atoms with Gasteiger partial charge in [-0.1, -0.05) is 50.1 Å². The molecule has 2 aliphatic heterocycles. The van der Waals surface area contributed by atoms with E-state index in [0.29, 0.717) is 13.0 Å². The van der Waals surface area contributed by atoms with Crippen LogP contribution in [0.5, 0.6) is 0 Å². The highest BCUT2D eigenvalue weighted by atomic mass is 16.2. The Labute approximate surface area is 157 Å².